The third-order valence-electron chi connectivity index (χ3n) is 2.78. The summed E-state index contributed by atoms with van der Waals surface area (Å²) < 4.78 is 0. The van der Waals surface area contributed by atoms with Crippen LogP contribution in [-0.4, -0.2) is 32.4 Å². The van der Waals surface area contributed by atoms with E-state index in [1.807, 2.05) is 0 Å². The molecule has 20 heavy (non-hydrogen) atoms. The largest absolute Gasteiger partial charge is 0.507 e. The van der Waals surface area contributed by atoms with E-state index in [1.165, 1.54) is 30.3 Å². The molecule has 0 aliphatic carbocycles. The lowest BCUT2D eigenvalue weighted by Crippen LogP contribution is -1.97. The van der Waals surface area contributed by atoms with Crippen LogP contribution in [0.3, 0.4) is 0 Å². The minimum atomic E-state index is -1.26. The lowest BCUT2D eigenvalue weighted by atomic mass is 10.0. The highest BCUT2D eigenvalue weighted by atomic mass is 16.4. The van der Waals surface area contributed by atoms with Gasteiger partial charge < -0.3 is 20.4 Å². The summed E-state index contributed by atoms with van der Waals surface area (Å²) >= 11 is 0. The number of hydrogen-bond donors (Lipinski definition) is 4. The average Bonchev–Trinajstić information content (AvgIpc) is 2.37. The quantitative estimate of drug-likeness (QED) is 0.681. The van der Waals surface area contributed by atoms with E-state index in [2.05, 4.69) is 0 Å². The number of aromatic carboxylic acids is 2. The van der Waals surface area contributed by atoms with Crippen LogP contribution in [0.4, 0.5) is 0 Å². The molecule has 0 aliphatic heterocycles. The van der Waals surface area contributed by atoms with Gasteiger partial charge in [0.1, 0.15) is 17.1 Å². The Morgan fingerprint density at radius 3 is 2.00 bits per heavy atom. The fourth-order valence-electron chi connectivity index (χ4n) is 1.79. The molecule has 2 rings (SSSR count). The summed E-state index contributed by atoms with van der Waals surface area (Å²) in [7, 11) is 0. The zero-order valence-electron chi connectivity index (χ0n) is 10.1. The van der Waals surface area contributed by atoms with Crippen molar-refractivity contribution >= 4 is 11.9 Å². The van der Waals surface area contributed by atoms with Gasteiger partial charge in [-0.25, -0.2) is 9.59 Å². The van der Waals surface area contributed by atoms with Gasteiger partial charge in [0.2, 0.25) is 0 Å². The van der Waals surface area contributed by atoms with Crippen LogP contribution in [-0.2, 0) is 0 Å². The zero-order valence-corrected chi connectivity index (χ0v) is 10.1. The molecule has 0 heterocycles. The van der Waals surface area contributed by atoms with Crippen LogP contribution in [0.5, 0.6) is 11.5 Å². The molecule has 0 unspecified atom stereocenters. The smallest absolute Gasteiger partial charge is 0.339 e. The zero-order chi connectivity index (χ0) is 14.9. The Morgan fingerprint density at radius 1 is 0.800 bits per heavy atom. The molecule has 6 heteroatoms. The highest BCUT2D eigenvalue weighted by Crippen LogP contribution is 2.33. The van der Waals surface area contributed by atoms with E-state index in [0.717, 1.165) is 6.07 Å². The van der Waals surface area contributed by atoms with Crippen LogP contribution in [0, 0.1) is 0 Å². The van der Waals surface area contributed by atoms with Crippen LogP contribution >= 0.6 is 0 Å². The fraction of sp³-hybridized carbons (Fsp3) is 0. The monoisotopic (exact) mass is 274 g/mol. The van der Waals surface area contributed by atoms with Crippen molar-refractivity contribution in [1.29, 1.82) is 0 Å². The average molecular weight is 274 g/mol. The maximum absolute atomic E-state index is 10.8. The standard InChI is InChI=1S/C14H10O6/c15-11-6-8(13(17)18)2-3-9(11)7-1-4-10(14(19)20)12(16)5-7/h1-6,15-16H,(H,17,18)(H,19,20). The summed E-state index contributed by atoms with van der Waals surface area (Å²) in [4.78, 5) is 21.5. The topological polar surface area (TPSA) is 115 Å². The predicted octanol–water partition coefficient (Wildman–Crippen LogP) is 2.16. The molecule has 2 aromatic carbocycles. The van der Waals surface area contributed by atoms with E-state index in [9.17, 15) is 19.8 Å². The van der Waals surface area contributed by atoms with Gasteiger partial charge in [0.05, 0.1) is 5.56 Å². The molecular weight excluding hydrogens is 264 g/mol. The van der Waals surface area contributed by atoms with Gasteiger partial charge in [0, 0.05) is 5.56 Å². The molecule has 0 aliphatic rings. The summed E-state index contributed by atoms with van der Waals surface area (Å²) in [6.45, 7) is 0. The number of carboxylic acids is 2. The van der Waals surface area contributed by atoms with Gasteiger partial charge in [-0.3, -0.25) is 0 Å². The van der Waals surface area contributed by atoms with E-state index in [-0.39, 0.29) is 16.9 Å². The van der Waals surface area contributed by atoms with Gasteiger partial charge in [-0.15, -0.1) is 0 Å². The Bertz CT molecular complexity index is 705. The van der Waals surface area contributed by atoms with Crippen LogP contribution in [0.1, 0.15) is 20.7 Å². The maximum Gasteiger partial charge on any atom is 0.339 e. The molecule has 0 saturated heterocycles. The number of carbonyl (C=O) groups is 2. The van der Waals surface area contributed by atoms with Crippen molar-refractivity contribution in [3.8, 4) is 22.6 Å². The van der Waals surface area contributed by atoms with Crippen molar-refractivity contribution in [2.75, 3.05) is 0 Å². The highest BCUT2D eigenvalue weighted by Gasteiger charge is 2.13. The van der Waals surface area contributed by atoms with E-state index in [1.54, 1.807) is 0 Å². The van der Waals surface area contributed by atoms with E-state index in [0.29, 0.717) is 11.1 Å². The summed E-state index contributed by atoms with van der Waals surface area (Å²) in [5.74, 6) is -3.14. The molecule has 102 valence electrons. The molecule has 0 atom stereocenters. The normalized spacial score (nSPS) is 10.2. The highest BCUT2D eigenvalue weighted by molar-refractivity contribution is 5.92. The summed E-state index contributed by atoms with van der Waals surface area (Å²) in [6, 6.07) is 7.59. The minimum absolute atomic E-state index is 0.0716. The Labute approximate surface area is 113 Å². The number of rotatable bonds is 3. The molecular formula is C14H10O6. The fourth-order valence-corrected chi connectivity index (χ4v) is 1.79. The minimum Gasteiger partial charge on any atom is -0.507 e. The molecule has 0 saturated carbocycles. The van der Waals surface area contributed by atoms with Crippen molar-refractivity contribution in [3.05, 3.63) is 47.5 Å². The third kappa shape index (κ3) is 2.39. The summed E-state index contributed by atoms with van der Waals surface area (Å²) in [6.07, 6.45) is 0. The molecule has 2 aromatic rings. The van der Waals surface area contributed by atoms with Crippen LogP contribution in [0.15, 0.2) is 36.4 Å². The summed E-state index contributed by atoms with van der Waals surface area (Å²) in [5, 5.41) is 37.0. The number of carboxylic acid groups (broad SMARTS) is 2. The van der Waals surface area contributed by atoms with Gasteiger partial charge in [-0.1, -0.05) is 6.07 Å². The first-order valence-electron chi connectivity index (χ1n) is 5.53. The second-order valence-corrected chi connectivity index (χ2v) is 4.07. The van der Waals surface area contributed by atoms with Crippen molar-refractivity contribution in [3.63, 3.8) is 0 Å². The van der Waals surface area contributed by atoms with E-state index < -0.39 is 17.7 Å². The third-order valence-corrected chi connectivity index (χ3v) is 2.78. The van der Waals surface area contributed by atoms with Crippen molar-refractivity contribution in [2.45, 2.75) is 0 Å². The Hall–Kier alpha value is -3.02. The molecule has 4 N–H and O–H groups in total. The van der Waals surface area contributed by atoms with Crippen LogP contribution < -0.4 is 0 Å². The first-order chi connectivity index (χ1) is 9.40. The van der Waals surface area contributed by atoms with Crippen molar-refractivity contribution < 1.29 is 30.0 Å². The molecule has 0 spiro atoms. The molecule has 6 nitrogen and oxygen atoms in total. The number of benzene rings is 2. The van der Waals surface area contributed by atoms with Gasteiger partial charge in [-0.2, -0.15) is 0 Å². The Morgan fingerprint density at radius 2 is 1.50 bits per heavy atom. The van der Waals surface area contributed by atoms with Gasteiger partial charge in [-0.05, 0) is 35.9 Å². The molecule has 0 fully saturated rings. The van der Waals surface area contributed by atoms with Gasteiger partial charge >= 0.3 is 11.9 Å². The number of hydrogen-bond acceptors (Lipinski definition) is 4. The first-order valence-corrected chi connectivity index (χ1v) is 5.53. The lowest BCUT2D eigenvalue weighted by Gasteiger charge is -2.07. The predicted molar refractivity (Wildman–Crippen MR) is 69.1 cm³/mol. The van der Waals surface area contributed by atoms with Crippen LogP contribution in [0.25, 0.3) is 11.1 Å². The molecule has 0 bridgehead atoms. The van der Waals surface area contributed by atoms with Crippen molar-refractivity contribution in [1.82, 2.24) is 0 Å². The van der Waals surface area contributed by atoms with Gasteiger partial charge in [0.25, 0.3) is 0 Å². The van der Waals surface area contributed by atoms with E-state index >= 15 is 0 Å². The molecule has 0 radical (unpaired) electrons. The lowest BCUT2D eigenvalue weighted by molar-refractivity contribution is 0.0684. The van der Waals surface area contributed by atoms with Gasteiger partial charge in [0.15, 0.2) is 0 Å². The summed E-state index contributed by atoms with van der Waals surface area (Å²) in [5.41, 5.74) is 0.345. The Kier molecular flexibility index (Phi) is 3.30. The SMILES string of the molecule is O=C(O)c1ccc(-c2ccc(C(=O)O)c(O)c2)c(O)c1. The number of phenols is 2. The second kappa shape index (κ2) is 4.93. The van der Waals surface area contributed by atoms with E-state index in [4.69, 9.17) is 10.2 Å². The first kappa shape index (κ1) is 13.4. The molecule has 0 amide bonds. The number of phenolic OH excluding ortho intramolecular Hbond substituents is 1. The maximum atomic E-state index is 10.8. The molecule has 0 aromatic heterocycles. The van der Waals surface area contributed by atoms with Crippen molar-refractivity contribution in [2.24, 2.45) is 0 Å². The van der Waals surface area contributed by atoms with Crippen LogP contribution in [0.2, 0.25) is 0 Å². The number of aromatic hydroxyl groups is 2. The Balaban J connectivity index is 2.49. The second-order valence-electron chi connectivity index (χ2n) is 4.07.